The second kappa shape index (κ2) is 17.4. The van der Waals surface area contributed by atoms with Gasteiger partial charge in [0, 0.05) is 24.7 Å². The summed E-state index contributed by atoms with van der Waals surface area (Å²) in [5, 5.41) is 6.89. The fourth-order valence-corrected chi connectivity index (χ4v) is 4.78. The molecule has 2 saturated carbocycles. The number of nitrogens with two attached hydrogens (primary N) is 2. The van der Waals surface area contributed by atoms with Crippen LogP contribution >= 0.6 is 15.9 Å². The lowest BCUT2D eigenvalue weighted by Gasteiger charge is -2.40. The summed E-state index contributed by atoms with van der Waals surface area (Å²) in [6.07, 6.45) is 11.1. The van der Waals surface area contributed by atoms with Crippen molar-refractivity contribution in [1.82, 2.24) is 0 Å². The summed E-state index contributed by atoms with van der Waals surface area (Å²) < 4.78 is 7.19. The van der Waals surface area contributed by atoms with Gasteiger partial charge in [0.05, 0.1) is 11.4 Å². The smallest absolute Gasteiger partial charge is 0.290 e. The highest BCUT2D eigenvalue weighted by Gasteiger charge is 2.35. The number of ether oxygens (including phenoxy) is 1. The Kier molecular flexibility index (Phi) is 15.2. The minimum atomic E-state index is -0.250. The number of Topliss-reactive ketones (excluding diaryl/α,β-unsaturated/α-hetero) is 1. The second-order valence-electron chi connectivity index (χ2n) is 10.9. The van der Waals surface area contributed by atoms with Gasteiger partial charge in [-0.05, 0) is 105 Å². The fourth-order valence-electron chi connectivity index (χ4n) is 4.42. The number of ketones is 1. The Balaban J connectivity index is 0.000000815. The van der Waals surface area contributed by atoms with Crippen molar-refractivity contribution in [2.24, 2.45) is 32.8 Å². The van der Waals surface area contributed by atoms with Gasteiger partial charge < -0.3 is 21.3 Å². The molecule has 0 aromatic heterocycles. The van der Waals surface area contributed by atoms with Crippen LogP contribution in [0.3, 0.4) is 0 Å². The molecule has 0 amide bonds. The average Bonchev–Trinajstić information content (AvgIpc) is 3.74. The number of hydrogen-bond donors (Lipinski definition) is 3. The second-order valence-corrected chi connectivity index (χ2v) is 11.8. The van der Waals surface area contributed by atoms with E-state index < -0.39 is 0 Å². The zero-order chi connectivity index (χ0) is 31.2. The van der Waals surface area contributed by atoms with Crippen LogP contribution in [0.2, 0.25) is 0 Å². The zero-order valence-corrected chi connectivity index (χ0v) is 26.9. The molecule has 0 saturated heterocycles. The number of carboxylic acid groups (broad SMARTS) is 1. The highest BCUT2D eigenvalue weighted by Crippen LogP contribution is 2.46. The maximum atomic E-state index is 9.87. The third-order valence-electron chi connectivity index (χ3n) is 7.27. The lowest BCUT2D eigenvalue weighted by molar-refractivity contribution is -0.122. The van der Waals surface area contributed by atoms with E-state index >= 15 is 0 Å². The fraction of sp³-hybridized carbons (Fsp3) is 0.500. The van der Waals surface area contributed by atoms with E-state index in [2.05, 4.69) is 77.6 Å². The molecular weight excluding hydrogens is 584 g/mol. The highest BCUT2D eigenvalue weighted by atomic mass is 79.9. The summed E-state index contributed by atoms with van der Waals surface area (Å²) in [6, 6.07) is 4.33. The minimum absolute atomic E-state index is 0.0718. The van der Waals surface area contributed by atoms with Crippen LogP contribution < -0.4 is 11.5 Å². The number of hydrogen-bond acceptors (Lipinski definition) is 7. The molecule has 5 N–H and O–H groups in total. The van der Waals surface area contributed by atoms with Crippen LogP contribution in [-0.4, -0.2) is 42.4 Å². The summed E-state index contributed by atoms with van der Waals surface area (Å²) in [6.45, 7) is 11.8. The van der Waals surface area contributed by atoms with Gasteiger partial charge in [-0.1, -0.05) is 42.6 Å². The van der Waals surface area contributed by atoms with Gasteiger partial charge in [-0.2, -0.15) is 0 Å². The summed E-state index contributed by atoms with van der Waals surface area (Å²) >= 11 is 3.64. The maximum absolute atomic E-state index is 9.87. The first-order valence-electron chi connectivity index (χ1n) is 13.7. The quantitative estimate of drug-likeness (QED) is 0.102. The number of benzene rings is 1. The summed E-state index contributed by atoms with van der Waals surface area (Å²) in [7, 11) is 1.70. The molecule has 224 valence electrons. The largest absolute Gasteiger partial charge is 0.483 e. The van der Waals surface area contributed by atoms with Crippen LogP contribution in [0, 0.1) is 30.1 Å². The molecule has 9 heteroatoms. The molecule has 3 rings (SSSR count). The number of aryl methyl sites for hydroxylation is 1. The van der Waals surface area contributed by atoms with E-state index in [-0.39, 0.29) is 29.7 Å². The topological polar surface area (TPSA) is 140 Å². The van der Waals surface area contributed by atoms with Crippen molar-refractivity contribution in [3.8, 4) is 11.8 Å². The van der Waals surface area contributed by atoms with Gasteiger partial charge in [-0.15, -0.1) is 0 Å². The molecular formula is C32H45BrN4O4. The van der Waals surface area contributed by atoms with Gasteiger partial charge >= 0.3 is 0 Å². The Hall–Kier alpha value is -3.38. The zero-order valence-electron chi connectivity index (χ0n) is 25.3. The number of nitrogens with zero attached hydrogens (tertiary/aromatic N) is 2. The van der Waals surface area contributed by atoms with Crippen LogP contribution in [0.5, 0.6) is 0 Å². The summed E-state index contributed by atoms with van der Waals surface area (Å²) in [5.41, 5.74) is 17.2. The van der Waals surface area contributed by atoms with Crippen LogP contribution in [-0.2, 0) is 14.3 Å². The molecule has 2 aliphatic rings. The van der Waals surface area contributed by atoms with Crippen molar-refractivity contribution in [3.05, 3.63) is 51.5 Å². The van der Waals surface area contributed by atoms with Gasteiger partial charge in [-0.25, -0.2) is 0 Å². The van der Waals surface area contributed by atoms with Crippen LogP contribution in [0.4, 0.5) is 5.69 Å². The van der Waals surface area contributed by atoms with E-state index in [1.807, 2.05) is 12.2 Å². The predicted molar refractivity (Wildman–Crippen MR) is 171 cm³/mol. The van der Waals surface area contributed by atoms with Crippen molar-refractivity contribution in [2.75, 3.05) is 7.05 Å². The van der Waals surface area contributed by atoms with Crippen molar-refractivity contribution >= 4 is 45.8 Å². The van der Waals surface area contributed by atoms with E-state index in [1.54, 1.807) is 20.2 Å². The number of rotatable bonds is 7. The van der Waals surface area contributed by atoms with E-state index in [4.69, 9.17) is 26.1 Å². The third kappa shape index (κ3) is 12.3. The first-order chi connectivity index (χ1) is 19.3. The Bertz CT molecular complexity index is 1230. The molecule has 2 atom stereocenters. The van der Waals surface area contributed by atoms with Crippen LogP contribution in [0.25, 0.3) is 0 Å². The van der Waals surface area contributed by atoms with E-state index in [0.29, 0.717) is 23.2 Å². The molecule has 0 bridgehead atoms. The molecule has 0 aliphatic heterocycles. The number of carbonyl (C=O) groups is 2. The van der Waals surface area contributed by atoms with E-state index in [1.165, 1.54) is 30.9 Å². The van der Waals surface area contributed by atoms with Crippen molar-refractivity contribution in [1.29, 1.82) is 0 Å². The van der Waals surface area contributed by atoms with E-state index in [9.17, 15) is 4.79 Å². The standard InChI is InChI=1S/C26H37BrN4O.C5H6O.CH2O2/c1-16-13-23(20(14-21(16)27)18-9-10-18)31-12-6-7-22(30-5)24(28)25(29)32-19-11-8-17(2)26(3,4)15-19;1-3-4-5(2)6;2-1-3/h6-7,12-14,17-19H,8-11,15,28-29H2,1-5H3;1-2H3;1H,(H,2,3)/b7-6-,25-24-,30-22?,31-12?;;. The SMILES string of the molecule is CC#CC(C)=O.CN=C(/C=C\C=Nc1cc(C)c(Br)cc1C1CC1)/C(N)=C(\N)OC1CCC(C)C(C)(C)C1.O=CO. The Morgan fingerprint density at radius 3 is 2.34 bits per heavy atom. The van der Waals surface area contributed by atoms with Crippen LogP contribution in [0.15, 0.2) is 50.3 Å². The number of allylic oxidation sites excluding steroid dienone is 2. The van der Waals surface area contributed by atoms with Gasteiger partial charge in [0.2, 0.25) is 11.7 Å². The molecule has 2 unspecified atom stereocenters. The third-order valence-corrected chi connectivity index (χ3v) is 8.12. The van der Waals surface area contributed by atoms with Gasteiger partial charge in [0.15, 0.2) is 0 Å². The molecule has 2 fully saturated rings. The monoisotopic (exact) mass is 628 g/mol. The molecule has 0 radical (unpaired) electrons. The lowest BCUT2D eigenvalue weighted by atomic mass is 9.69. The van der Waals surface area contributed by atoms with Crippen molar-refractivity contribution in [3.63, 3.8) is 0 Å². The van der Waals surface area contributed by atoms with Gasteiger partial charge in [0.25, 0.3) is 6.47 Å². The molecule has 1 aromatic carbocycles. The van der Waals surface area contributed by atoms with Gasteiger partial charge in [-0.3, -0.25) is 19.6 Å². The number of aliphatic imine (C=N–C) groups is 2. The molecule has 0 heterocycles. The molecule has 41 heavy (non-hydrogen) atoms. The van der Waals surface area contributed by atoms with Crippen molar-refractivity contribution in [2.45, 2.75) is 85.7 Å². The van der Waals surface area contributed by atoms with Crippen molar-refractivity contribution < 1.29 is 19.4 Å². The predicted octanol–water partition coefficient (Wildman–Crippen LogP) is 6.58. The Morgan fingerprint density at radius 1 is 1.22 bits per heavy atom. The lowest BCUT2D eigenvalue weighted by Crippen LogP contribution is -2.35. The Labute approximate surface area is 253 Å². The first kappa shape index (κ1) is 35.6. The maximum Gasteiger partial charge on any atom is 0.290 e. The highest BCUT2D eigenvalue weighted by molar-refractivity contribution is 9.10. The first-order valence-corrected chi connectivity index (χ1v) is 14.5. The molecule has 2 aliphatic carbocycles. The van der Waals surface area contributed by atoms with Crippen LogP contribution in [0.1, 0.15) is 83.8 Å². The van der Waals surface area contributed by atoms with E-state index in [0.717, 1.165) is 29.4 Å². The molecule has 8 nitrogen and oxygen atoms in total. The summed E-state index contributed by atoms with van der Waals surface area (Å²) in [5.74, 6) is 6.27. The Morgan fingerprint density at radius 2 is 1.85 bits per heavy atom. The van der Waals surface area contributed by atoms with Gasteiger partial charge in [0.1, 0.15) is 11.8 Å². The average molecular weight is 630 g/mol. The number of carbonyl (C=O) groups excluding carboxylic acids is 1. The number of halogens is 1. The summed E-state index contributed by atoms with van der Waals surface area (Å²) in [4.78, 5) is 27.2. The molecule has 0 spiro atoms. The minimum Gasteiger partial charge on any atom is -0.483 e. The normalized spacial score (nSPS) is 20.4. The molecule has 1 aromatic rings.